The molecule has 2 heterocycles. The molecule has 1 N–H and O–H groups in total. The van der Waals surface area contributed by atoms with Crippen molar-refractivity contribution in [2.45, 2.75) is 19.3 Å². The van der Waals surface area contributed by atoms with Crippen LogP contribution in [0.2, 0.25) is 0 Å². The maximum absolute atomic E-state index is 12.8. The van der Waals surface area contributed by atoms with Gasteiger partial charge in [0.25, 0.3) is 5.56 Å². The lowest BCUT2D eigenvalue weighted by molar-refractivity contribution is -0.116. The second-order valence-corrected chi connectivity index (χ2v) is 7.09. The fourth-order valence-corrected chi connectivity index (χ4v) is 3.89. The third kappa shape index (κ3) is 3.16. The van der Waals surface area contributed by atoms with Crippen molar-refractivity contribution in [3.63, 3.8) is 0 Å². The summed E-state index contributed by atoms with van der Waals surface area (Å²) in [5.41, 5.74) is 0.165. The minimum Gasteiger partial charge on any atom is -0.493 e. The van der Waals surface area contributed by atoms with Crippen molar-refractivity contribution in [2.24, 2.45) is 14.1 Å². The Bertz CT molecular complexity index is 1040. The highest BCUT2D eigenvalue weighted by Gasteiger charge is 2.33. The molecule has 1 atom stereocenters. The molecule has 1 amide bonds. The van der Waals surface area contributed by atoms with Gasteiger partial charge in [-0.25, -0.2) is 4.79 Å². The summed E-state index contributed by atoms with van der Waals surface area (Å²) in [7, 11) is 4.48. The number of carbonyl (C=O) groups is 1. The molecular weight excluding hydrogens is 418 g/mol. The second kappa shape index (κ2) is 7.22. The van der Waals surface area contributed by atoms with Crippen LogP contribution in [-0.4, -0.2) is 28.8 Å². The van der Waals surface area contributed by atoms with Gasteiger partial charge in [0.05, 0.1) is 23.8 Å². The average molecular weight is 438 g/mol. The number of halogens is 1. The molecule has 1 aromatic heterocycles. The van der Waals surface area contributed by atoms with Crippen LogP contribution in [0.5, 0.6) is 11.5 Å². The highest BCUT2D eigenvalue weighted by Crippen LogP contribution is 2.42. The van der Waals surface area contributed by atoms with Crippen molar-refractivity contribution in [2.75, 3.05) is 19.0 Å². The van der Waals surface area contributed by atoms with E-state index >= 15 is 0 Å². The van der Waals surface area contributed by atoms with Gasteiger partial charge in [-0.2, -0.15) is 0 Å². The number of anilines is 1. The molecule has 27 heavy (non-hydrogen) atoms. The molecule has 0 radical (unpaired) electrons. The Hall–Kier alpha value is -2.55. The minimum atomic E-state index is -0.514. The summed E-state index contributed by atoms with van der Waals surface area (Å²) in [6.45, 7) is 2.33. The average Bonchev–Trinajstić information content (AvgIpc) is 2.65. The van der Waals surface area contributed by atoms with Gasteiger partial charge >= 0.3 is 5.69 Å². The van der Waals surface area contributed by atoms with Crippen molar-refractivity contribution in [3.8, 4) is 11.5 Å². The summed E-state index contributed by atoms with van der Waals surface area (Å²) >= 11 is 3.48. The lowest BCUT2D eigenvalue weighted by Gasteiger charge is -2.27. The molecule has 0 aliphatic carbocycles. The first kappa shape index (κ1) is 19.2. The molecule has 1 aliphatic heterocycles. The van der Waals surface area contributed by atoms with E-state index in [0.717, 1.165) is 4.57 Å². The normalized spacial score (nSPS) is 15.9. The topological polar surface area (TPSA) is 91.6 Å². The molecule has 1 aliphatic rings. The molecule has 9 heteroatoms. The van der Waals surface area contributed by atoms with Gasteiger partial charge in [0.2, 0.25) is 5.91 Å². The summed E-state index contributed by atoms with van der Waals surface area (Å²) in [6.07, 6.45) is 0.0873. The Kier molecular flexibility index (Phi) is 5.14. The molecule has 2 aromatic rings. The number of fused-ring (bicyclic) bond motifs is 1. The van der Waals surface area contributed by atoms with E-state index in [1.807, 2.05) is 13.0 Å². The van der Waals surface area contributed by atoms with Gasteiger partial charge in [0, 0.05) is 26.4 Å². The minimum absolute atomic E-state index is 0.0873. The van der Waals surface area contributed by atoms with Crippen LogP contribution in [0.3, 0.4) is 0 Å². The van der Waals surface area contributed by atoms with Gasteiger partial charge < -0.3 is 14.8 Å². The summed E-state index contributed by atoms with van der Waals surface area (Å²) in [4.78, 5) is 37.3. The molecule has 0 bridgehead atoms. The zero-order valence-electron chi connectivity index (χ0n) is 15.5. The number of hydrogen-bond acceptors (Lipinski definition) is 5. The van der Waals surface area contributed by atoms with Crippen LogP contribution in [0, 0.1) is 0 Å². The Morgan fingerprint density at radius 2 is 1.93 bits per heavy atom. The van der Waals surface area contributed by atoms with Gasteiger partial charge in [-0.15, -0.1) is 0 Å². The number of ether oxygens (including phenoxy) is 2. The van der Waals surface area contributed by atoms with E-state index in [2.05, 4.69) is 21.2 Å². The summed E-state index contributed by atoms with van der Waals surface area (Å²) in [6, 6.07) is 3.57. The van der Waals surface area contributed by atoms with E-state index in [9.17, 15) is 14.4 Å². The first-order valence-electron chi connectivity index (χ1n) is 8.40. The van der Waals surface area contributed by atoms with Crippen LogP contribution < -0.4 is 26.0 Å². The van der Waals surface area contributed by atoms with E-state index in [4.69, 9.17) is 9.47 Å². The van der Waals surface area contributed by atoms with Crippen molar-refractivity contribution < 1.29 is 14.3 Å². The standard InChI is InChI=1S/C18H20BrN3O5/c1-5-27-15-11(19)6-9(7-12(15)26-4)10-8-13(23)20-16-14(10)17(24)22(3)18(25)21(16)2/h6-7,10H,5,8H2,1-4H3,(H,20,23)/t10-/m0/s1. The molecular formula is C18H20BrN3O5. The molecule has 0 saturated heterocycles. The van der Waals surface area contributed by atoms with Crippen molar-refractivity contribution in [1.29, 1.82) is 0 Å². The van der Waals surface area contributed by atoms with Gasteiger partial charge in [0.15, 0.2) is 11.5 Å². The Labute approximate surface area is 163 Å². The van der Waals surface area contributed by atoms with E-state index in [1.165, 1.54) is 25.8 Å². The maximum Gasteiger partial charge on any atom is 0.332 e. The predicted octanol–water partition coefficient (Wildman–Crippen LogP) is 1.73. The highest BCUT2D eigenvalue weighted by atomic mass is 79.9. The zero-order chi connectivity index (χ0) is 19.9. The SMILES string of the molecule is CCOc1c(Br)cc([C@@H]2CC(=O)Nc3c2c(=O)n(C)c(=O)n3C)cc1OC. The van der Waals surface area contributed by atoms with Gasteiger partial charge in [-0.05, 0) is 40.5 Å². The van der Waals surface area contributed by atoms with Crippen molar-refractivity contribution in [3.05, 3.63) is 48.6 Å². The predicted molar refractivity (Wildman–Crippen MR) is 104 cm³/mol. The van der Waals surface area contributed by atoms with E-state index in [1.54, 1.807) is 6.07 Å². The first-order chi connectivity index (χ1) is 12.8. The number of hydrogen-bond donors (Lipinski definition) is 1. The van der Waals surface area contributed by atoms with Crippen molar-refractivity contribution in [1.82, 2.24) is 9.13 Å². The van der Waals surface area contributed by atoms with Gasteiger partial charge in [0.1, 0.15) is 5.82 Å². The molecule has 8 nitrogen and oxygen atoms in total. The summed E-state index contributed by atoms with van der Waals surface area (Å²) in [5, 5.41) is 2.65. The van der Waals surface area contributed by atoms with Crippen LogP contribution in [0.25, 0.3) is 0 Å². The van der Waals surface area contributed by atoms with E-state index in [0.29, 0.717) is 33.7 Å². The third-order valence-corrected chi connectivity index (χ3v) is 5.23. The number of methoxy groups -OCH3 is 1. The highest BCUT2D eigenvalue weighted by molar-refractivity contribution is 9.10. The molecule has 0 spiro atoms. The first-order valence-corrected chi connectivity index (χ1v) is 9.19. The quantitative estimate of drug-likeness (QED) is 0.785. The molecule has 144 valence electrons. The second-order valence-electron chi connectivity index (χ2n) is 6.24. The zero-order valence-corrected chi connectivity index (χ0v) is 17.0. The lowest BCUT2D eigenvalue weighted by Crippen LogP contribution is -2.44. The fourth-order valence-electron chi connectivity index (χ4n) is 3.32. The number of nitrogens with zero attached hydrogens (tertiary/aromatic N) is 2. The summed E-state index contributed by atoms with van der Waals surface area (Å²) in [5.74, 6) is 0.501. The van der Waals surface area contributed by atoms with E-state index < -0.39 is 17.2 Å². The lowest BCUT2D eigenvalue weighted by atomic mass is 9.86. The number of benzene rings is 1. The molecule has 0 fully saturated rings. The monoisotopic (exact) mass is 437 g/mol. The Morgan fingerprint density at radius 3 is 2.56 bits per heavy atom. The largest absolute Gasteiger partial charge is 0.493 e. The number of amides is 1. The third-order valence-electron chi connectivity index (χ3n) is 4.64. The maximum atomic E-state index is 12.8. The van der Waals surface area contributed by atoms with Crippen LogP contribution in [-0.2, 0) is 18.9 Å². The van der Waals surface area contributed by atoms with E-state index in [-0.39, 0.29) is 18.1 Å². The molecule has 0 unspecified atom stereocenters. The number of nitrogens with one attached hydrogen (secondary N) is 1. The van der Waals surface area contributed by atoms with Crippen LogP contribution >= 0.6 is 15.9 Å². The number of rotatable bonds is 4. The molecule has 3 rings (SSSR count). The molecule has 1 aromatic carbocycles. The Balaban J connectivity index is 2.26. The number of carbonyl (C=O) groups excluding carboxylic acids is 1. The van der Waals surface area contributed by atoms with Crippen LogP contribution in [0.1, 0.15) is 30.4 Å². The fraction of sp³-hybridized carbons (Fsp3) is 0.389. The van der Waals surface area contributed by atoms with Gasteiger partial charge in [-0.3, -0.25) is 18.7 Å². The Morgan fingerprint density at radius 1 is 1.22 bits per heavy atom. The van der Waals surface area contributed by atoms with Gasteiger partial charge in [-0.1, -0.05) is 0 Å². The van der Waals surface area contributed by atoms with Crippen molar-refractivity contribution >= 4 is 27.7 Å². The van der Waals surface area contributed by atoms with Crippen LogP contribution in [0.4, 0.5) is 5.82 Å². The number of aromatic nitrogens is 2. The smallest absolute Gasteiger partial charge is 0.332 e. The van der Waals surface area contributed by atoms with Crippen LogP contribution in [0.15, 0.2) is 26.2 Å². The molecule has 0 saturated carbocycles. The summed E-state index contributed by atoms with van der Waals surface area (Å²) < 4.78 is 14.0.